The molecule has 0 aromatic heterocycles. The van der Waals surface area contributed by atoms with E-state index in [0.29, 0.717) is 5.92 Å². The number of esters is 1. The van der Waals surface area contributed by atoms with Gasteiger partial charge in [0.1, 0.15) is 0 Å². The minimum absolute atomic E-state index is 0.258. The number of hydrogen-bond donors (Lipinski definition) is 0. The maximum atomic E-state index is 10.6. The van der Waals surface area contributed by atoms with Crippen molar-refractivity contribution in [1.29, 1.82) is 0 Å². The van der Waals surface area contributed by atoms with E-state index in [9.17, 15) is 4.79 Å². The van der Waals surface area contributed by atoms with E-state index in [-0.39, 0.29) is 5.97 Å². The van der Waals surface area contributed by atoms with Gasteiger partial charge in [0.05, 0.1) is 6.26 Å². The maximum absolute atomic E-state index is 10.6. The summed E-state index contributed by atoms with van der Waals surface area (Å²) in [6.45, 7) is 9.76. The van der Waals surface area contributed by atoms with Crippen LogP contribution in [0.25, 0.3) is 0 Å². The monoisotopic (exact) mass is 210 g/mol. The molecule has 0 heterocycles. The van der Waals surface area contributed by atoms with Gasteiger partial charge in [0.2, 0.25) is 0 Å². The van der Waals surface area contributed by atoms with Crippen molar-refractivity contribution in [3.8, 4) is 0 Å². The van der Waals surface area contributed by atoms with E-state index in [1.165, 1.54) is 12.5 Å². The molecule has 0 fully saturated rings. The first-order chi connectivity index (χ1) is 6.93. The molecule has 0 aliphatic carbocycles. The molecular weight excluding hydrogens is 188 g/mol. The molecule has 0 rings (SSSR count). The van der Waals surface area contributed by atoms with Crippen LogP contribution in [0, 0.1) is 5.92 Å². The third-order valence-corrected chi connectivity index (χ3v) is 2.34. The van der Waals surface area contributed by atoms with Crippen molar-refractivity contribution in [1.82, 2.24) is 0 Å². The first kappa shape index (κ1) is 13.9. The predicted molar refractivity (Wildman–Crippen MR) is 63.4 cm³/mol. The molecule has 0 saturated carbocycles. The number of rotatable bonds is 5. The van der Waals surface area contributed by atoms with E-state index in [1.807, 2.05) is 6.92 Å². The molecule has 2 nitrogen and oxygen atoms in total. The van der Waals surface area contributed by atoms with Gasteiger partial charge in [-0.25, -0.2) is 0 Å². The molecule has 0 amide bonds. The van der Waals surface area contributed by atoms with E-state index >= 15 is 0 Å². The van der Waals surface area contributed by atoms with Crippen LogP contribution in [-0.4, -0.2) is 5.97 Å². The average Bonchev–Trinajstić information content (AvgIpc) is 2.13. The summed E-state index contributed by atoms with van der Waals surface area (Å²) in [5, 5.41) is 0. The summed E-state index contributed by atoms with van der Waals surface area (Å²) < 4.78 is 4.84. The third-order valence-electron chi connectivity index (χ3n) is 2.34. The lowest BCUT2D eigenvalue weighted by Gasteiger charge is -2.10. The second-order valence-electron chi connectivity index (χ2n) is 4.23. The van der Waals surface area contributed by atoms with E-state index in [1.54, 1.807) is 6.26 Å². The first-order valence-electron chi connectivity index (χ1n) is 5.40. The molecule has 0 radical (unpaired) electrons. The second-order valence-corrected chi connectivity index (χ2v) is 4.23. The molecule has 0 saturated heterocycles. The Balaban J connectivity index is 3.98. The number of hydrogen-bond acceptors (Lipinski definition) is 2. The normalized spacial score (nSPS) is 13.3. The highest BCUT2D eigenvalue weighted by Crippen LogP contribution is 2.16. The highest BCUT2D eigenvalue weighted by Gasteiger charge is 2.03. The largest absolute Gasteiger partial charge is 0.435 e. The molecule has 0 bridgehead atoms. The van der Waals surface area contributed by atoms with Crippen molar-refractivity contribution in [2.75, 3.05) is 0 Å². The van der Waals surface area contributed by atoms with Crippen LogP contribution >= 0.6 is 0 Å². The molecule has 0 spiro atoms. The summed E-state index contributed by atoms with van der Waals surface area (Å²) in [5.41, 5.74) is 2.47. The van der Waals surface area contributed by atoms with Crippen molar-refractivity contribution in [3.05, 3.63) is 23.5 Å². The van der Waals surface area contributed by atoms with Crippen LogP contribution in [-0.2, 0) is 9.53 Å². The van der Waals surface area contributed by atoms with Crippen LogP contribution in [0.2, 0.25) is 0 Å². The number of carbonyl (C=O) groups is 1. The molecule has 86 valence electrons. The molecule has 0 aromatic carbocycles. The van der Waals surface area contributed by atoms with Gasteiger partial charge in [-0.3, -0.25) is 4.79 Å². The minimum atomic E-state index is -0.258. The van der Waals surface area contributed by atoms with Gasteiger partial charge in [-0.1, -0.05) is 18.6 Å². The lowest BCUT2D eigenvalue weighted by Crippen LogP contribution is -1.99. The molecule has 1 atom stereocenters. The van der Waals surface area contributed by atoms with Gasteiger partial charge in [0.15, 0.2) is 0 Å². The summed E-state index contributed by atoms with van der Waals surface area (Å²) in [6, 6.07) is 0. The highest BCUT2D eigenvalue weighted by atomic mass is 16.5. The van der Waals surface area contributed by atoms with Crippen molar-refractivity contribution in [2.24, 2.45) is 5.92 Å². The van der Waals surface area contributed by atoms with Crippen molar-refractivity contribution < 1.29 is 9.53 Å². The van der Waals surface area contributed by atoms with Gasteiger partial charge in [-0.2, -0.15) is 0 Å². The zero-order valence-electron chi connectivity index (χ0n) is 10.5. The Hall–Kier alpha value is -1.05. The fraction of sp³-hybridized carbons (Fsp3) is 0.615. The Labute approximate surface area is 93.0 Å². The summed E-state index contributed by atoms with van der Waals surface area (Å²) in [5.74, 6) is 0.200. The second kappa shape index (κ2) is 7.27. The lowest BCUT2D eigenvalue weighted by atomic mass is 9.98. The van der Waals surface area contributed by atoms with Crippen molar-refractivity contribution in [2.45, 2.75) is 47.5 Å². The van der Waals surface area contributed by atoms with Crippen LogP contribution in [0.3, 0.4) is 0 Å². The lowest BCUT2D eigenvalue weighted by molar-refractivity contribution is -0.135. The number of ether oxygens (including phenoxy) is 1. The van der Waals surface area contributed by atoms with E-state index < -0.39 is 0 Å². The van der Waals surface area contributed by atoms with Crippen LogP contribution in [0.15, 0.2) is 23.5 Å². The summed E-state index contributed by atoms with van der Waals surface area (Å²) in [6.07, 6.45) is 5.97. The number of carbonyl (C=O) groups excluding carboxylic acids is 1. The van der Waals surface area contributed by atoms with Crippen LogP contribution in [0.4, 0.5) is 0 Å². The Morgan fingerprint density at radius 1 is 1.27 bits per heavy atom. The predicted octanol–water partition coefficient (Wildman–Crippen LogP) is 3.84. The summed E-state index contributed by atoms with van der Waals surface area (Å²) in [4.78, 5) is 10.6. The van der Waals surface area contributed by atoms with Crippen LogP contribution in [0.1, 0.15) is 47.5 Å². The average molecular weight is 210 g/mol. The topological polar surface area (TPSA) is 26.3 Å². The van der Waals surface area contributed by atoms with Gasteiger partial charge >= 0.3 is 5.97 Å². The maximum Gasteiger partial charge on any atom is 0.307 e. The van der Waals surface area contributed by atoms with E-state index in [2.05, 4.69) is 26.8 Å². The first-order valence-corrected chi connectivity index (χ1v) is 5.40. The third kappa shape index (κ3) is 7.98. The van der Waals surface area contributed by atoms with E-state index in [4.69, 9.17) is 4.74 Å². The summed E-state index contributed by atoms with van der Waals surface area (Å²) in [7, 11) is 0. The minimum Gasteiger partial charge on any atom is -0.435 e. The van der Waals surface area contributed by atoms with Gasteiger partial charge < -0.3 is 4.74 Å². The number of allylic oxidation sites excluding steroid dienone is 3. The van der Waals surface area contributed by atoms with Crippen LogP contribution in [0.5, 0.6) is 0 Å². The molecule has 0 aliphatic rings. The van der Waals surface area contributed by atoms with Crippen molar-refractivity contribution >= 4 is 5.97 Å². The van der Waals surface area contributed by atoms with Crippen LogP contribution < -0.4 is 0 Å². The molecular formula is C13H22O2. The zero-order valence-corrected chi connectivity index (χ0v) is 10.5. The quantitative estimate of drug-likeness (QED) is 0.391. The standard InChI is InChI=1S/C13H22O2/c1-10(2)7-6-8-11(3)12(4)9-15-13(5)14/h7,9,11H,6,8H2,1-5H3. The Morgan fingerprint density at radius 2 is 1.87 bits per heavy atom. The molecule has 0 N–H and O–H groups in total. The van der Waals surface area contributed by atoms with E-state index in [0.717, 1.165) is 18.4 Å². The van der Waals surface area contributed by atoms with Gasteiger partial charge in [-0.15, -0.1) is 0 Å². The zero-order chi connectivity index (χ0) is 11.8. The SMILES string of the molecule is CC(=O)OC=C(C)C(C)CCC=C(C)C. The van der Waals surface area contributed by atoms with Gasteiger partial charge in [0.25, 0.3) is 0 Å². The fourth-order valence-corrected chi connectivity index (χ4v) is 1.14. The Bertz CT molecular complexity index is 258. The van der Waals surface area contributed by atoms with Gasteiger partial charge in [0, 0.05) is 6.92 Å². The molecule has 2 heteroatoms. The highest BCUT2D eigenvalue weighted by molar-refractivity contribution is 5.66. The smallest absolute Gasteiger partial charge is 0.307 e. The Kier molecular flexibility index (Phi) is 6.76. The molecule has 0 aromatic rings. The molecule has 0 aliphatic heterocycles. The van der Waals surface area contributed by atoms with Crippen molar-refractivity contribution in [3.63, 3.8) is 0 Å². The summed E-state index contributed by atoms with van der Waals surface area (Å²) >= 11 is 0. The Morgan fingerprint density at radius 3 is 2.33 bits per heavy atom. The molecule has 15 heavy (non-hydrogen) atoms. The van der Waals surface area contributed by atoms with Gasteiger partial charge in [-0.05, 0) is 45.1 Å². The fourth-order valence-electron chi connectivity index (χ4n) is 1.14. The molecule has 1 unspecified atom stereocenters.